The summed E-state index contributed by atoms with van der Waals surface area (Å²) in [5.74, 6) is 0.272. The van der Waals surface area contributed by atoms with E-state index in [4.69, 9.17) is 17.3 Å². The van der Waals surface area contributed by atoms with E-state index in [1.165, 1.54) is 12.1 Å². The molecule has 5 heteroatoms. The average Bonchev–Trinajstić information content (AvgIpc) is 2.31. The van der Waals surface area contributed by atoms with Crippen molar-refractivity contribution < 1.29 is 4.39 Å². The normalized spacial score (nSPS) is 11.6. The van der Waals surface area contributed by atoms with Crippen molar-refractivity contribution in [3.05, 3.63) is 40.8 Å². The number of nitrogens with zero attached hydrogens (tertiary/aromatic N) is 2. The van der Waals surface area contributed by atoms with Gasteiger partial charge in [0.15, 0.2) is 5.82 Å². The van der Waals surface area contributed by atoms with Crippen molar-refractivity contribution in [1.82, 2.24) is 9.97 Å². The molecule has 2 rings (SSSR count). The third kappa shape index (κ3) is 3.01. The summed E-state index contributed by atoms with van der Waals surface area (Å²) >= 11 is 5.66. The zero-order chi connectivity index (χ0) is 14.2. The number of halogens is 2. The summed E-state index contributed by atoms with van der Waals surface area (Å²) in [6, 6.07) is 6.20. The van der Waals surface area contributed by atoms with Gasteiger partial charge in [0.05, 0.1) is 10.7 Å². The number of rotatable bonds is 1. The zero-order valence-electron chi connectivity index (χ0n) is 11.0. The minimum absolute atomic E-state index is 0.0729. The van der Waals surface area contributed by atoms with Crippen molar-refractivity contribution in [2.24, 2.45) is 0 Å². The Morgan fingerprint density at radius 2 is 1.84 bits per heavy atom. The Hall–Kier alpha value is -1.68. The smallest absolute Gasteiger partial charge is 0.161 e. The highest BCUT2D eigenvalue weighted by atomic mass is 35.5. The summed E-state index contributed by atoms with van der Waals surface area (Å²) in [5, 5.41) is 0.0729. The summed E-state index contributed by atoms with van der Waals surface area (Å²) in [5.41, 5.74) is 7.00. The van der Waals surface area contributed by atoms with Crippen LogP contribution >= 0.6 is 11.6 Å². The van der Waals surface area contributed by atoms with Crippen molar-refractivity contribution in [3.63, 3.8) is 0 Å². The highest BCUT2D eigenvalue weighted by molar-refractivity contribution is 6.30. The number of aromatic nitrogens is 2. The van der Waals surface area contributed by atoms with E-state index >= 15 is 0 Å². The van der Waals surface area contributed by atoms with Crippen LogP contribution in [0, 0.1) is 5.82 Å². The molecule has 2 aromatic rings. The second-order valence-electron chi connectivity index (χ2n) is 5.38. The van der Waals surface area contributed by atoms with Gasteiger partial charge in [-0.05, 0) is 18.2 Å². The van der Waals surface area contributed by atoms with Gasteiger partial charge >= 0.3 is 0 Å². The Kier molecular flexibility index (Phi) is 3.45. The number of benzene rings is 1. The highest BCUT2D eigenvalue weighted by Gasteiger charge is 2.18. The molecule has 0 saturated heterocycles. The van der Waals surface area contributed by atoms with E-state index in [1.54, 1.807) is 12.1 Å². The summed E-state index contributed by atoms with van der Waals surface area (Å²) in [7, 11) is 0. The second kappa shape index (κ2) is 4.78. The molecule has 3 nitrogen and oxygen atoms in total. The molecule has 0 aliphatic carbocycles. The lowest BCUT2D eigenvalue weighted by molar-refractivity contribution is 0.568. The second-order valence-corrected chi connectivity index (χ2v) is 5.79. The van der Waals surface area contributed by atoms with Crippen LogP contribution in [0.4, 0.5) is 10.2 Å². The maximum absolute atomic E-state index is 13.5. The molecular formula is C14H15ClFN3. The first-order valence-corrected chi connectivity index (χ1v) is 6.25. The van der Waals surface area contributed by atoms with E-state index in [0.717, 1.165) is 5.69 Å². The molecule has 0 aliphatic rings. The third-order valence-corrected chi connectivity index (χ3v) is 3.00. The molecular weight excluding hydrogens is 265 g/mol. The molecule has 0 unspecified atom stereocenters. The molecule has 0 radical (unpaired) electrons. The van der Waals surface area contributed by atoms with Crippen LogP contribution in [-0.4, -0.2) is 9.97 Å². The first-order chi connectivity index (χ1) is 8.77. The quantitative estimate of drug-likeness (QED) is 0.863. The fourth-order valence-electron chi connectivity index (χ4n) is 1.61. The molecule has 0 saturated carbocycles. The molecule has 0 amide bonds. The van der Waals surface area contributed by atoms with E-state index in [0.29, 0.717) is 17.2 Å². The molecule has 0 fully saturated rings. The first-order valence-electron chi connectivity index (χ1n) is 5.88. The lowest BCUT2D eigenvalue weighted by Crippen LogP contribution is -2.15. The van der Waals surface area contributed by atoms with E-state index in [2.05, 4.69) is 9.97 Å². The van der Waals surface area contributed by atoms with Crippen molar-refractivity contribution in [3.8, 4) is 11.4 Å². The molecule has 19 heavy (non-hydrogen) atoms. The van der Waals surface area contributed by atoms with Gasteiger partial charge in [-0.1, -0.05) is 32.4 Å². The Morgan fingerprint density at radius 3 is 2.42 bits per heavy atom. The van der Waals surface area contributed by atoms with Gasteiger partial charge in [-0.25, -0.2) is 14.4 Å². The Morgan fingerprint density at radius 1 is 1.16 bits per heavy atom. The van der Waals surface area contributed by atoms with Gasteiger partial charge in [-0.15, -0.1) is 0 Å². The van der Waals surface area contributed by atoms with Crippen molar-refractivity contribution in [2.75, 3.05) is 5.73 Å². The summed E-state index contributed by atoms with van der Waals surface area (Å²) < 4.78 is 13.5. The summed E-state index contributed by atoms with van der Waals surface area (Å²) in [6.45, 7) is 6.09. The molecule has 0 atom stereocenters. The van der Waals surface area contributed by atoms with Crippen molar-refractivity contribution in [1.29, 1.82) is 0 Å². The minimum atomic E-state index is -0.498. The van der Waals surface area contributed by atoms with Gasteiger partial charge in [-0.3, -0.25) is 0 Å². The Balaban J connectivity index is 2.56. The third-order valence-electron chi connectivity index (χ3n) is 2.69. The predicted molar refractivity (Wildman–Crippen MR) is 75.5 cm³/mol. The molecule has 1 aromatic heterocycles. The fourth-order valence-corrected chi connectivity index (χ4v) is 1.73. The lowest BCUT2D eigenvalue weighted by atomic mass is 9.92. The van der Waals surface area contributed by atoms with Crippen LogP contribution < -0.4 is 5.73 Å². The fraction of sp³-hybridized carbons (Fsp3) is 0.286. The first kappa shape index (κ1) is 13.7. The molecule has 1 aromatic carbocycles. The largest absolute Gasteiger partial charge is 0.384 e. The van der Waals surface area contributed by atoms with E-state index in [1.807, 2.05) is 20.8 Å². The topological polar surface area (TPSA) is 51.8 Å². The predicted octanol–water partition coefficient (Wildman–Crippen LogP) is 3.82. The minimum Gasteiger partial charge on any atom is -0.384 e. The molecule has 100 valence electrons. The number of nitrogen functional groups attached to an aromatic ring is 1. The molecule has 2 N–H and O–H groups in total. The highest BCUT2D eigenvalue weighted by Crippen LogP contribution is 2.26. The zero-order valence-corrected chi connectivity index (χ0v) is 11.8. The van der Waals surface area contributed by atoms with E-state index < -0.39 is 5.82 Å². The molecule has 0 aliphatic heterocycles. The number of hydrogen-bond acceptors (Lipinski definition) is 3. The number of anilines is 1. The standard InChI is InChI=1S/C14H15ClFN3/c1-14(2,3)11-7-12(17)19-13(18-11)8-4-5-9(15)10(16)6-8/h4-7H,1-3H3,(H2,17,18,19). The van der Waals surface area contributed by atoms with Gasteiger partial charge in [-0.2, -0.15) is 0 Å². The summed E-state index contributed by atoms with van der Waals surface area (Å²) in [4.78, 5) is 8.59. The Bertz CT molecular complexity index is 621. The SMILES string of the molecule is CC(C)(C)c1cc(N)nc(-c2ccc(Cl)c(F)c2)n1. The van der Waals surface area contributed by atoms with Crippen molar-refractivity contribution in [2.45, 2.75) is 26.2 Å². The molecule has 0 bridgehead atoms. The van der Waals surface area contributed by atoms with Crippen LogP contribution in [0.25, 0.3) is 11.4 Å². The maximum atomic E-state index is 13.5. The van der Waals surface area contributed by atoms with Crippen molar-refractivity contribution >= 4 is 17.4 Å². The van der Waals surface area contributed by atoms with Crippen LogP contribution in [0.5, 0.6) is 0 Å². The van der Waals surface area contributed by atoms with Gasteiger partial charge in [0.25, 0.3) is 0 Å². The monoisotopic (exact) mass is 279 g/mol. The van der Waals surface area contributed by atoms with Gasteiger partial charge in [0, 0.05) is 17.0 Å². The van der Waals surface area contributed by atoms with Gasteiger partial charge in [0.1, 0.15) is 11.6 Å². The van der Waals surface area contributed by atoms with Crippen LogP contribution in [0.2, 0.25) is 5.02 Å². The van der Waals surface area contributed by atoms with E-state index in [9.17, 15) is 4.39 Å². The average molecular weight is 280 g/mol. The van der Waals surface area contributed by atoms with Gasteiger partial charge in [0.2, 0.25) is 0 Å². The van der Waals surface area contributed by atoms with E-state index in [-0.39, 0.29) is 10.4 Å². The molecule has 0 spiro atoms. The van der Waals surface area contributed by atoms with Crippen LogP contribution in [0.15, 0.2) is 24.3 Å². The number of nitrogens with two attached hydrogens (primary N) is 1. The lowest BCUT2D eigenvalue weighted by Gasteiger charge is -2.18. The summed E-state index contributed by atoms with van der Waals surface area (Å²) in [6.07, 6.45) is 0. The van der Waals surface area contributed by atoms with Crippen LogP contribution in [0.1, 0.15) is 26.5 Å². The maximum Gasteiger partial charge on any atom is 0.161 e. The van der Waals surface area contributed by atoms with Gasteiger partial charge < -0.3 is 5.73 Å². The number of hydrogen-bond donors (Lipinski definition) is 1. The molecule has 1 heterocycles. The Labute approximate surface area is 116 Å². The van der Waals surface area contributed by atoms with Crippen LogP contribution in [0.3, 0.4) is 0 Å². The van der Waals surface area contributed by atoms with Crippen LogP contribution in [-0.2, 0) is 5.41 Å².